The third kappa shape index (κ3) is 5.17. The molecule has 0 aliphatic rings. The van der Waals surface area contributed by atoms with Gasteiger partial charge in [-0.05, 0) is 36.6 Å². The first-order chi connectivity index (χ1) is 9.81. The van der Waals surface area contributed by atoms with Gasteiger partial charge in [-0.2, -0.15) is 16.5 Å². The Balaban J connectivity index is 3.09. The normalized spacial score (nSPS) is 12.9. The van der Waals surface area contributed by atoms with Crippen LogP contribution in [0.5, 0.6) is 5.75 Å². The van der Waals surface area contributed by atoms with Gasteiger partial charge in [-0.3, -0.25) is 4.79 Å². The van der Waals surface area contributed by atoms with Gasteiger partial charge in [-0.1, -0.05) is 15.9 Å². The van der Waals surface area contributed by atoms with E-state index in [1.165, 1.54) is 31.0 Å². The van der Waals surface area contributed by atoms with E-state index in [-0.39, 0.29) is 17.1 Å². The molecule has 1 aromatic carbocycles. The summed E-state index contributed by atoms with van der Waals surface area (Å²) in [7, 11) is -2.64. The Morgan fingerprint density at radius 1 is 1.52 bits per heavy atom. The Labute approximate surface area is 136 Å². The quantitative estimate of drug-likeness (QED) is 0.696. The average molecular weight is 398 g/mol. The van der Waals surface area contributed by atoms with E-state index < -0.39 is 22.0 Å². The molecule has 0 saturated heterocycles. The second-order valence-electron chi connectivity index (χ2n) is 4.09. The van der Waals surface area contributed by atoms with E-state index in [0.717, 1.165) is 0 Å². The Bertz CT molecular complexity index is 606. The van der Waals surface area contributed by atoms with Crippen molar-refractivity contribution in [3.8, 4) is 5.75 Å². The first-order valence-electron chi connectivity index (χ1n) is 5.89. The molecule has 0 fully saturated rings. The molecule has 0 aliphatic carbocycles. The molecule has 9 heteroatoms. The summed E-state index contributed by atoms with van der Waals surface area (Å²) >= 11 is 4.64. The molecule has 0 spiro atoms. The van der Waals surface area contributed by atoms with Crippen molar-refractivity contribution in [2.75, 3.05) is 19.1 Å². The minimum atomic E-state index is -4.00. The third-order valence-electron chi connectivity index (χ3n) is 2.62. The Kier molecular flexibility index (Phi) is 6.98. The number of carboxylic acid groups (broad SMARTS) is 1. The topological polar surface area (TPSA) is 92.7 Å². The van der Waals surface area contributed by atoms with Gasteiger partial charge >= 0.3 is 5.97 Å². The van der Waals surface area contributed by atoms with Crippen LogP contribution in [-0.2, 0) is 14.8 Å². The lowest BCUT2D eigenvalue weighted by molar-refractivity contribution is -0.139. The van der Waals surface area contributed by atoms with Crippen molar-refractivity contribution >= 4 is 43.7 Å². The molecule has 1 aromatic rings. The van der Waals surface area contributed by atoms with Crippen LogP contribution in [0.3, 0.4) is 0 Å². The van der Waals surface area contributed by atoms with Gasteiger partial charge in [0.15, 0.2) is 0 Å². The number of benzene rings is 1. The van der Waals surface area contributed by atoms with Gasteiger partial charge in [-0.15, -0.1) is 0 Å². The van der Waals surface area contributed by atoms with Gasteiger partial charge in [0, 0.05) is 4.47 Å². The highest BCUT2D eigenvalue weighted by atomic mass is 79.9. The fourth-order valence-corrected chi connectivity index (χ4v) is 3.98. The number of carboxylic acids is 1. The van der Waals surface area contributed by atoms with E-state index in [4.69, 9.17) is 9.84 Å². The number of hydrogen-bond donors (Lipinski definition) is 2. The number of aliphatic carboxylic acids is 1. The largest absolute Gasteiger partial charge is 0.495 e. The predicted octanol–water partition coefficient (Wildman–Crippen LogP) is 1.94. The number of carbonyl (C=O) groups is 1. The van der Waals surface area contributed by atoms with Gasteiger partial charge in [-0.25, -0.2) is 8.42 Å². The summed E-state index contributed by atoms with van der Waals surface area (Å²) in [6.45, 7) is 0. The molecule has 0 aliphatic heterocycles. The van der Waals surface area contributed by atoms with Gasteiger partial charge < -0.3 is 9.84 Å². The Morgan fingerprint density at radius 3 is 2.71 bits per heavy atom. The molecular formula is C12H16BrNO5S2. The molecule has 1 unspecified atom stereocenters. The maximum atomic E-state index is 12.4. The molecule has 6 nitrogen and oxygen atoms in total. The van der Waals surface area contributed by atoms with Gasteiger partial charge in [0.25, 0.3) is 0 Å². The van der Waals surface area contributed by atoms with Crippen LogP contribution in [0.15, 0.2) is 27.6 Å². The number of ether oxygens (including phenoxy) is 1. The molecule has 0 aromatic heterocycles. The van der Waals surface area contributed by atoms with Gasteiger partial charge in [0.2, 0.25) is 10.0 Å². The summed E-state index contributed by atoms with van der Waals surface area (Å²) in [6, 6.07) is 3.33. The van der Waals surface area contributed by atoms with Crippen molar-refractivity contribution in [1.29, 1.82) is 0 Å². The molecule has 21 heavy (non-hydrogen) atoms. The number of nitrogens with one attached hydrogen (secondary N) is 1. The maximum Gasteiger partial charge on any atom is 0.321 e. The van der Waals surface area contributed by atoms with E-state index >= 15 is 0 Å². The van der Waals surface area contributed by atoms with E-state index in [9.17, 15) is 13.2 Å². The minimum Gasteiger partial charge on any atom is -0.495 e. The van der Waals surface area contributed by atoms with E-state index in [2.05, 4.69) is 20.7 Å². The van der Waals surface area contributed by atoms with E-state index in [0.29, 0.717) is 10.2 Å². The van der Waals surface area contributed by atoms with Crippen LogP contribution in [0.1, 0.15) is 6.42 Å². The fraction of sp³-hybridized carbons (Fsp3) is 0.417. The van der Waals surface area contributed by atoms with E-state index in [1.54, 1.807) is 6.07 Å². The Morgan fingerprint density at radius 2 is 2.19 bits per heavy atom. The highest BCUT2D eigenvalue weighted by Crippen LogP contribution is 2.27. The second kappa shape index (κ2) is 8.02. The summed E-state index contributed by atoms with van der Waals surface area (Å²) < 4.78 is 32.5. The lowest BCUT2D eigenvalue weighted by Gasteiger charge is -2.16. The van der Waals surface area contributed by atoms with Crippen LogP contribution in [0.4, 0.5) is 0 Å². The fourth-order valence-electron chi connectivity index (χ4n) is 1.58. The lowest BCUT2D eigenvalue weighted by Crippen LogP contribution is -2.41. The zero-order chi connectivity index (χ0) is 16.0. The zero-order valence-electron chi connectivity index (χ0n) is 11.5. The highest BCUT2D eigenvalue weighted by molar-refractivity contribution is 9.10. The summed E-state index contributed by atoms with van der Waals surface area (Å²) in [5, 5.41) is 9.11. The summed E-state index contributed by atoms with van der Waals surface area (Å²) in [5.74, 6) is -0.518. The van der Waals surface area contributed by atoms with Crippen molar-refractivity contribution in [2.45, 2.75) is 17.4 Å². The molecule has 1 rings (SSSR count). The molecule has 0 amide bonds. The minimum absolute atomic E-state index is 0.102. The van der Waals surface area contributed by atoms with Crippen molar-refractivity contribution in [2.24, 2.45) is 0 Å². The molecule has 0 saturated carbocycles. The molecule has 0 radical (unpaired) electrons. The molecule has 118 valence electrons. The summed E-state index contributed by atoms with van der Waals surface area (Å²) in [6.07, 6.45) is 2.02. The smallest absolute Gasteiger partial charge is 0.321 e. The van der Waals surface area contributed by atoms with Gasteiger partial charge in [0.05, 0.1) is 7.11 Å². The monoisotopic (exact) mass is 397 g/mol. The second-order valence-corrected chi connectivity index (χ2v) is 7.67. The van der Waals surface area contributed by atoms with Crippen LogP contribution >= 0.6 is 27.7 Å². The molecule has 1 atom stereocenters. The molecular weight excluding hydrogens is 382 g/mol. The van der Waals surface area contributed by atoms with Crippen LogP contribution in [0.25, 0.3) is 0 Å². The van der Waals surface area contributed by atoms with Crippen LogP contribution in [0.2, 0.25) is 0 Å². The predicted molar refractivity (Wildman–Crippen MR) is 85.4 cm³/mol. The van der Waals surface area contributed by atoms with Crippen molar-refractivity contribution < 1.29 is 23.1 Å². The molecule has 0 heterocycles. The van der Waals surface area contributed by atoms with Crippen LogP contribution < -0.4 is 9.46 Å². The first kappa shape index (κ1) is 18.3. The number of methoxy groups -OCH3 is 1. The zero-order valence-corrected chi connectivity index (χ0v) is 14.7. The number of thioether (sulfide) groups is 1. The third-order valence-corrected chi connectivity index (χ3v) is 5.25. The maximum absolute atomic E-state index is 12.4. The standard InChI is InChI=1S/C12H16BrNO5S2/c1-19-10-4-3-8(13)7-11(10)21(17,18)14-9(12(15)16)5-6-20-2/h3-4,7,9,14H,5-6H2,1-2H3,(H,15,16). The SMILES string of the molecule is COc1ccc(Br)cc1S(=O)(=O)NC(CCSC)C(=O)O. The summed E-state index contributed by atoms with van der Waals surface area (Å²) in [5.41, 5.74) is 0. The average Bonchev–Trinajstić information content (AvgIpc) is 2.43. The lowest BCUT2D eigenvalue weighted by atomic mass is 10.2. The molecule has 0 bridgehead atoms. The highest BCUT2D eigenvalue weighted by Gasteiger charge is 2.27. The van der Waals surface area contributed by atoms with Crippen molar-refractivity contribution in [3.05, 3.63) is 22.7 Å². The number of sulfonamides is 1. The van der Waals surface area contributed by atoms with Crippen LogP contribution in [-0.4, -0.2) is 44.7 Å². The number of halogens is 1. The number of hydrogen-bond acceptors (Lipinski definition) is 5. The van der Waals surface area contributed by atoms with E-state index in [1.807, 2.05) is 6.26 Å². The van der Waals surface area contributed by atoms with Crippen LogP contribution in [0, 0.1) is 0 Å². The van der Waals surface area contributed by atoms with Crippen molar-refractivity contribution in [3.63, 3.8) is 0 Å². The number of rotatable bonds is 8. The summed E-state index contributed by atoms with van der Waals surface area (Å²) in [4.78, 5) is 11.1. The first-order valence-corrected chi connectivity index (χ1v) is 9.56. The Hall–Kier alpha value is -0.770. The van der Waals surface area contributed by atoms with Gasteiger partial charge in [0.1, 0.15) is 16.7 Å². The van der Waals surface area contributed by atoms with Crippen molar-refractivity contribution in [1.82, 2.24) is 4.72 Å². The molecule has 2 N–H and O–H groups in total.